The second kappa shape index (κ2) is 7.81. The molecule has 0 aliphatic carbocycles. The second-order valence-electron chi connectivity index (χ2n) is 3.61. The van der Waals surface area contributed by atoms with Gasteiger partial charge in [0.25, 0.3) is 0 Å². The number of carbonyl (C=O) groups is 1. The largest absolute Gasteiger partial charge is 0.479 e. The van der Waals surface area contributed by atoms with Crippen LogP contribution < -0.4 is 0 Å². The highest BCUT2D eigenvalue weighted by molar-refractivity contribution is 5.72. The lowest BCUT2D eigenvalue weighted by Crippen LogP contribution is -2.25. The van der Waals surface area contributed by atoms with E-state index in [4.69, 9.17) is 14.6 Å². The van der Waals surface area contributed by atoms with Crippen molar-refractivity contribution in [3.63, 3.8) is 0 Å². The topological polar surface area (TPSA) is 55.8 Å². The van der Waals surface area contributed by atoms with E-state index in [1.165, 1.54) is 0 Å². The average molecular weight is 238 g/mol. The van der Waals surface area contributed by atoms with Crippen LogP contribution in [0.15, 0.2) is 30.3 Å². The van der Waals surface area contributed by atoms with Gasteiger partial charge in [0.2, 0.25) is 0 Å². The summed E-state index contributed by atoms with van der Waals surface area (Å²) in [5.41, 5.74) is 1.08. The number of carboxylic acid groups (broad SMARTS) is 1. The third-order valence-corrected chi connectivity index (χ3v) is 2.28. The van der Waals surface area contributed by atoms with Gasteiger partial charge in [-0.3, -0.25) is 0 Å². The lowest BCUT2D eigenvalue weighted by Gasteiger charge is -2.12. The highest BCUT2D eigenvalue weighted by Gasteiger charge is 2.16. The zero-order valence-electron chi connectivity index (χ0n) is 9.96. The first kappa shape index (κ1) is 13.7. The fraction of sp³-hybridized carbons (Fsp3) is 0.462. The Morgan fingerprint density at radius 1 is 1.35 bits per heavy atom. The smallest absolute Gasteiger partial charge is 0.332 e. The van der Waals surface area contributed by atoms with Gasteiger partial charge in [0, 0.05) is 13.0 Å². The van der Waals surface area contributed by atoms with E-state index in [-0.39, 0.29) is 0 Å². The van der Waals surface area contributed by atoms with Gasteiger partial charge in [-0.1, -0.05) is 30.3 Å². The number of rotatable bonds is 8. The Labute approximate surface area is 101 Å². The lowest BCUT2D eigenvalue weighted by molar-refractivity contribution is -0.151. The molecule has 17 heavy (non-hydrogen) atoms. The molecule has 0 aromatic heterocycles. The maximum Gasteiger partial charge on any atom is 0.332 e. The van der Waals surface area contributed by atoms with E-state index in [2.05, 4.69) is 0 Å². The third kappa shape index (κ3) is 5.47. The van der Waals surface area contributed by atoms with Crippen molar-refractivity contribution < 1.29 is 19.4 Å². The molecule has 1 N–H and O–H groups in total. The van der Waals surface area contributed by atoms with Crippen molar-refractivity contribution in [1.29, 1.82) is 0 Å². The normalized spacial score (nSPS) is 12.3. The average Bonchev–Trinajstić information content (AvgIpc) is 2.34. The van der Waals surface area contributed by atoms with Gasteiger partial charge in [0.05, 0.1) is 13.2 Å². The molecule has 0 bridgehead atoms. The van der Waals surface area contributed by atoms with Crippen LogP contribution in [0, 0.1) is 0 Å². The van der Waals surface area contributed by atoms with Gasteiger partial charge < -0.3 is 14.6 Å². The molecule has 4 nitrogen and oxygen atoms in total. The molecule has 4 heteroatoms. The van der Waals surface area contributed by atoms with Gasteiger partial charge in [0.15, 0.2) is 6.10 Å². The number of hydrogen-bond acceptors (Lipinski definition) is 3. The zero-order valence-corrected chi connectivity index (χ0v) is 9.96. The maximum absolute atomic E-state index is 10.8. The molecule has 1 rings (SSSR count). The Hall–Kier alpha value is -1.39. The molecule has 0 aliphatic rings. The summed E-state index contributed by atoms with van der Waals surface area (Å²) in [7, 11) is 0. The van der Waals surface area contributed by atoms with E-state index in [9.17, 15) is 4.79 Å². The highest BCUT2D eigenvalue weighted by Crippen LogP contribution is 2.03. The Bertz CT molecular complexity index is 323. The Morgan fingerprint density at radius 3 is 2.65 bits per heavy atom. The van der Waals surface area contributed by atoms with Crippen LogP contribution in [0.3, 0.4) is 0 Å². The molecular weight excluding hydrogens is 220 g/mol. The fourth-order valence-electron chi connectivity index (χ4n) is 1.43. The maximum atomic E-state index is 10.8. The molecule has 0 amide bonds. The van der Waals surface area contributed by atoms with Crippen molar-refractivity contribution in [3.8, 4) is 0 Å². The van der Waals surface area contributed by atoms with E-state index >= 15 is 0 Å². The molecular formula is C13H18O4. The van der Waals surface area contributed by atoms with Crippen LogP contribution in [-0.2, 0) is 20.9 Å². The van der Waals surface area contributed by atoms with E-state index in [0.29, 0.717) is 26.2 Å². The number of carboxylic acids is 1. The van der Waals surface area contributed by atoms with E-state index in [0.717, 1.165) is 5.56 Å². The minimum absolute atomic E-state index is 0.371. The summed E-state index contributed by atoms with van der Waals surface area (Å²) in [6.07, 6.45) is -0.397. The molecule has 1 aromatic rings. The molecule has 0 saturated heterocycles. The standard InChI is InChI=1S/C13H18O4/c1-2-17-12(13(14)15)8-9-16-10-11-6-4-3-5-7-11/h3-7,12H,2,8-10H2,1H3,(H,14,15). The first-order valence-electron chi connectivity index (χ1n) is 5.70. The van der Waals surface area contributed by atoms with Gasteiger partial charge in [-0.15, -0.1) is 0 Å². The molecule has 0 spiro atoms. The van der Waals surface area contributed by atoms with Crippen molar-refractivity contribution in [2.24, 2.45) is 0 Å². The molecule has 0 saturated carbocycles. The predicted molar refractivity (Wildman–Crippen MR) is 63.8 cm³/mol. The number of benzene rings is 1. The van der Waals surface area contributed by atoms with Gasteiger partial charge in [0.1, 0.15) is 0 Å². The van der Waals surface area contributed by atoms with Crippen molar-refractivity contribution >= 4 is 5.97 Å². The predicted octanol–water partition coefficient (Wildman–Crippen LogP) is 2.08. The van der Waals surface area contributed by atoms with Crippen molar-refractivity contribution in [1.82, 2.24) is 0 Å². The van der Waals surface area contributed by atoms with Crippen molar-refractivity contribution in [3.05, 3.63) is 35.9 Å². The molecule has 0 radical (unpaired) electrons. The zero-order chi connectivity index (χ0) is 12.5. The molecule has 0 fully saturated rings. The Kier molecular flexibility index (Phi) is 6.29. The van der Waals surface area contributed by atoms with E-state index in [1.807, 2.05) is 30.3 Å². The number of ether oxygens (including phenoxy) is 2. The fourth-order valence-corrected chi connectivity index (χ4v) is 1.43. The summed E-state index contributed by atoms with van der Waals surface area (Å²) >= 11 is 0. The van der Waals surface area contributed by atoms with E-state index < -0.39 is 12.1 Å². The van der Waals surface area contributed by atoms with Gasteiger partial charge >= 0.3 is 5.97 Å². The number of hydrogen-bond donors (Lipinski definition) is 1. The third-order valence-electron chi connectivity index (χ3n) is 2.28. The van der Waals surface area contributed by atoms with Crippen LogP contribution in [0.2, 0.25) is 0 Å². The van der Waals surface area contributed by atoms with Crippen LogP contribution >= 0.6 is 0 Å². The van der Waals surface area contributed by atoms with Crippen molar-refractivity contribution in [2.75, 3.05) is 13.2 Å². The van der Waals surface area contributed by atoms with Gasteiger partial charge in [-0.25, -0.2) is 4.79 Å². The molecule has 0 heterocycles. The van der Waals surface area contributed by atoms with Crippen LogP contribution in [0.25, 0.3) is 0 Å². The minimum Gasteiger partial charge on any atom is -0.479 e. The van der Waals surface area contributed by atoms with Crippen LogP contribution in [-0.4, -0.2) is 30.4 Å². The lowest BCUT2D eigenvalue weighted by atomic mass is 10.2. The molecule has 1 unspecified atom stereocenters. The summed E-state index contributed by atoms with van der Waals surface area (Å²) in [6, 6.07) is 9.77. The summed E-state index contributed by atoms with van der Waals surface area (Å²) in [4.78, 5) is 10.8. The SMILES string of the molecule is CCOC(CCOCc1ccccc1)C(=O)O. The summed E-state index contributed by atoms with van der Waals surface area (Å²) in [5, 5.41) is 8.84. The van der Waals surface area contributed by atoms with Crippen LogP contribution in [0.4, 0.5) is 0 Å². The van der Waals surface area contributed by atoms with Gasteiger partial charge in [-0.2, -0.15) is 0 Å². The first-order valence-corrected chi connectivity index (χ1v) is 5.70. The second-order valence-corrected chi connectivity index (χ2v) is 3.61. The summed E-state index contributed by atoms with van der Waals surface area (Å²) in [5.74, 6) is -0.935. The molecule has 1 aromatic carbocycles. The summed E-state index contributed by atoms with van der Waals surface area (Å²) in [6.45, 7) is 3.06. The van der Waals surface area contributed by atoms with Gasteiger partial charge in [-0.05, 0) is 12.5 Å². The monoisotopic (exact) mass is 238 g/mol. The highest BCUT2D eigenvalue weighted by atomic mass is 16.5. The van der Waals surface area contributed by atoms with Crippen molar-refractivity contribution in [2.45, 2.75) is 26.1 Å². The van der Waals surface area contributed by atoms with E-state index in [1.54, 1.807) is 6.92 Å². The Morgan fingerprint density at radius 2 is 2.06 bits per heavy atom. The molecule has 94 valence electrons. The summed E-state index contributed by atoms with van der Waals surface area (Å²) < 4.78 is 10.5. The first-order chi connectivity index (χ1) is 8.24. The van der Waals surface area contributed by atoms with Crippen LogP contribution in [0.5, 0.6) is 0 Å². The molecule has 0 aliphatic heterocycles. The van der Waals surface area contributed by atoms with Crippen LogP contribution in [0.1, 0.15) is 18.9 Å². The molecule has 1 atom stereocenters. The number of aliphatic carboxylic acids is 1. The quantitative estimate of drug-likeness (QED) is 0.704. The Balaban J connectivity index is 2.20. The minimum atomic E-state index is -0.935.